The minimum Gasteiger partial charge on any atom is -0.508 e. The van der Waals surface area contributed by atoms with Gasteiger partial charge in [-0.25, -0.2) is 0 Å². The molecule has 0 unspecified atom stereocenters. The van der Waals surface area contributed by atoms with Crippen LogP contribution in [0, 0.1) is 0 Å². The second kappa shape index (κ2) is 6.13. The molecule has 0 spiro atoms. The Kier molecular flexibility index (Phi) is 4.69. The molecule has 1 N–H and O–H groups in total. The highest BCUT2D eigenvalue weighted by molar-refractivity contribution is 6.68. The van der Waals surface area contributed by atoms with Gasteiger partial charge in [-0.05, 0) is 35.4 Å². The summed E-state index contributed by atoms with van der Waals surface area (Å²) in [5.74, 6) is 0.480. The molecule has 5 heteroatoms. The first-order valence-electron chi connectivity index (χ1n) is 5.91. The first-order chi connectivity index (χ1) is 9.41. The Balaban J connectivity index is 2.44. The van der Waals surface area contributed by atoms with Gasteiger partial charge in [0.25, 0.3) is 0 Å². The van der Waals surface area contributed by atoms with Crippen molar-refractivity contribution in [2.45, 2.75) is 9.71 Å². The molecule has 0 bridgehead atoms. The summed E-state index contributed by atoms with van der Waals surface area (Å²) in [6.45, 7) is 0. The summed E-state index contributed by atoms with van der Waals surface area (Å²) in [5, 5.41) is 9.36. The van der Waals surface area contributed by atoms with Crippen LogP contribution in [0.5, 0.6) is 11.5 Å². The average Bonchev–Trinajstić information content (AvgIpc) is 2.41. The molecular weight excluding hydrogens is 319 g/mol. The summed E-state index contributed by atoms with van der Waals surface area (Å²) in [6, 6.07) is 14.0. The third-order valence-electron chi connectivity index (χ3n) is 3.00. The van der Waals surface area contributed by atoms with E-state index in [2.05, 4.69) is 0 Å². The zero-order valence-corrected chi connectivity index (χ0v) is 13.0. The van der Waals surface area contributed by atoms with Gasteiger partial charge in [0.05, 0.1) is 13.0 Å². The van der Waals surface area contributed by atoms with E-state index >= 15 is 0 Å². The summed E-state index contributed by atoms with van der Waals surface area (Å²) >= 11 is 18.4. The van der Waals surface area contributed by atoms with Crippen molar-refractivity contribution in [2.75, 3.05) is 7.11 Å². The largest absolute Gasteiger partial charge is 0.508 e. The lowest BCUT2D eigenvalue weighted by molar-refractivity contribution is 0.414. The molecule has 0 aliphatic carbocycles. The number of phenolic OH excluding ortho intramolecular Hbond substituents is 1. The van der Waals surface area contributed by atoms with E-state index < -0.39 is 9.71 Å². The number of alkyl halides is 3. The van der Waals surface area contributed by atoms with Gasteiger partial charge in [-0.15, -0.1) is 0 Å². The first kappa shape index (κ1) is 15.3. The fraction of sp³-hybridized carbons (Fsp3) is 0.200. The lowest BCUT2D eigenvalue weighted by atomic mass is 9.92. The van der Waals surface area contributed by atoms with E-state index in [4.69, 9.17) is 39.5 Å². The Morgan fingerprint density at radius 3 is 1.75 bits per heavy atom. The summed E-state index contributed by atoms with van der Waals surface area (Å²) in [6.07, 6.45) is 0. The molecule has 0 aliphatic heterocycles. The van der Waals surface area contributed by atoms with Crippen molar-refractivity contribution in [1.29, 1.82) is 0 Å². The number of halogens is 3. The molecule has 1 atom stereocenters. The smallest absolute Gasteiger partial charge is 0.201 e. The van der Waals surface area contributed by atoms with Crippen molar-refractivity contribution >= 4 is 34.8 Å². The summed E-state index contributed by atoms with van der Waals surface area (Å²) < 4.78 is 3.63. The van der Waals surface area contributed by atoms with Crippen LogP contribution >= 0.6 is 34.8 Å². The number of benzene rings is 2. The molecule has 2 aromatic carbocycles. The standard InChI is InChI=1S/C15H13Cl3O2/c1-20-13-8-4-11(5-9-13)14(15(16,17)18)10-2-6-12(19)7-3-10/h2-9,14,19H,1H3/t14-/m1/s1. The van der Waals surface area contributed by atoms with Crippen LogP contribution in [-0.2, 0) is 0 Å². The van der Waals surface area contributed by atoms with Crippen LogP contribution in [0.1, 0.15) is 17.0 Å². The van der Waals surface area contributed by atoms with Gasteiger partial charge in [-0.2, -0.15) is 0 Å². The van der Waals surface area contributed by atoms with Crippen LogP contribution in [0.4, 0.5) is 0 Å². The van der Waals surface area contributed by atoms with Crippen molar-refractivity contribution in [2.24, 2.45) is 0 Å². The Hall–Kier alpha value is -1.09. The number of methoxy groups -OCH3 is 1. The number of ether oxygens (including phenoxy) is 1. The van der Waals surface area contributed by atoms with Gasteiger partial charge in [0.1, 0.15) is 11.5 Å². The fourth-order valence-electron chi connectivity index (χ4n) is 2.03. The number of aromatic hydroxyl groups is 1. The predicted octanol–water partition coefficient (Wildman–Crippen LogP) is 4.90. The van der Waals surface area contributed by atoms with E-state index in [1.807, 2.05) is 24.3 Å². The molecule has 0 heterocycles. The van der Waals surface area contributed by atoms with E-state index in [0.29, 0.717) is 0 Å². The molecule has 20 heavy (non-hydrogen) atoms. The third-order valence-corrected chi connectivity index (χ3v) is 3.66. The van der Waals surface area contributed by atoms with E-state index in [1.165, 1.54) is 0 Å². The Bertz CT molecular complexity index is 559. The summed E-state index contributed by atoms with van der Waals surface area (Å²) in [5.41, 5.74) is 1.67. The highest BCUT2D eigenvalue weighted by Crippen LogP contribution is 2.46. The van der Waals surface area contributed by atoms with Crippen LogP contribution in [0.15, 0.2) is 48.5 Å². The van der Waals surface area contributed by atoms with Gasteiger partial charge < -0.3 is 9.84 Å². The minimum absolute atomic E-state index is 0.173. The molecular formula is C15H13Cl3O2. The van der Waals surface area contributed by atoms with Gasteiger partial charge in [0.15, 0.2) is 0 Å². The van der Waals surface area contributed by atoms with Crippen molar-refractivity contribution in [3.8, 4) is 11.5 Å². The van der Waals surface area contributed by atoms with Gasteiger partial charge >= 0.3 is 0 Å². The molecule has 0 aliphatic rings. The maximum atomic E-state index is 9.36. The topological polar surface area (TPSA) is 29.5 Å². The number of rotatable bonds is 3. The first-order valence-corrected chi connectivity index (χ1v) is 7.05. The number of hydrogen-bond donors (Lipinski definition) is 1. The van der Waals surface area contributed by atoms with Crippen LogP contribution < -0.4 is 4.74 Å². The molecule has 2 aromatic rings. The molecule has 0 amide bonds. The van der Waals surface area contributed by atoms with Crippen LogP contribution in [0.3, 0.4) is 0 Å². The fourth-order valence-corrected chi connectivity index (χ4v) is 2.79. The van der Waals surface area contributed by atoms with Gasteiger partial charge in [-0.1, -0.05) is 59.1 Å². The molecule has 0 saturated carbocycles. The summed E-state index contributed by atoms with van der Waals surface area (Å²) in [4.78, 5) is 0. The monoisotopic (exact) mass is 330 g/mol. The normalized spacial score (nSPS) is 13.0. The van der Waals surface area contributed by atoms with E-state index in [0.717, 1.165) is 16.9 Å². The molecule has 0 radical (unpaired) electrons. The van der Waals surface area contributed by atoms with Crippen LogP contribution in [-0.4, -0.2) is 16.0 Å². The lowest BCUT2D eigenvalue weighted by Crippen LogP contribution is -2.18. The predicted molar refractivity (Wildman–Crippen MR) is 83.2 cm³/mol. The highest BCUT2D eigenvalue weighted by atomic mass is 35.6. The highest BCUT2D eigenvalue weighted by Gasteiger charge is 2.35. The Morgan fingerprint density at radius 2 is 1.35 bits per heavy atom. The zero-order chi connectivity index (χ0) is 14.8. The zero-order valence-electron chi connectivity index (χ0n) is 10.7. The van der Waals surface area contributed by atoms with Crippen molar-refractivity contribution in [3.05, 3.63) is 59.7 Å². The molecule has 0 saturated heterocycles. The summed E-state index contributed by atoms with van der Waals surface area (Å²) in [7, 11) is 1.60. The number of hydrogen-bond acceptors (Lipinski definition) is 2. The lowest BCUT2D eigenvalue weighted by Gasteiger charge is -2.25. The van der Waals surface area contributed by atoms with Crippen LogP contribution in [0.25, 0.3) is 0 Å². The van der Waals surface area contributed by atoms with Crippen molar-refractivity contribution in [3.63, 3.8) is 0 Å². The maximum absolute atomic E-state index is 9.36. The number of phenols is 1. The minimum atomic E-state index is -1.49. The van der Waals surface area contributed by atoms with Gasteiger partial charge in [0.2, 0.25) is 3.79 Å². The Morgan fingerprint density at radius 1 is 0.900 bits per heavy atom. The van der Waals surface area contributed by atoms with E-state index in [9.17, 15) is 5.11 Å². The quantitative estimate of drug-likeness (QED) is 0.810. The molecule has 106 valence electrons. The molecule has 0 fully saturated rings. The van der Waals surface area contributed by atoms with E-state index in [1.54, 1.807) is 31.4 Å². The Labute approximate surface area is 132 Å². The SMILES string of the molecule is COc1ccc([C@@H](c2ccc(O)cc2)C(Cl)(Cl)Cl)cc1. The third kappa shape index (κ3) is 3.51. The molecule has 2 rings (SSSR count). The van der Waals surface area contributed by atoms with Crippen LogP contribution in [0.2, 0.25) is 0 Å². The molecule has 2 nitrogen and oxygen atoms in total. The van der Waals surface area contributed by atoms with E-state index in [-0.39, 0.29) is 5.75 Å². The van der Waals surface area contributed by atoms with Crippen molar-refractivity contribution in [1.82, 2.24) is 0 Å². The maximum Gasteiger partial charge on any atom is 0.201 e. The average molecular weight is 332 g/mol. The van der Waals surface area contributed by atoms with Gasteiger partial charge in [-0.3, -0.25) is 0 Å². The second-order valence-corrected chi connectivity index (χ2v) is 6.71. The second-order valence-electron chi connectivity index (χ2n) is 4.34. The van der Waals surface area contributed by atoms with Crippen molar-refractivity contribution < 1.29 is 9.84 Å². The van der Waals surface area contributed by atoms with Gasteiger partial charge in [0, 0.05) is 0 Å². The molecule has 0 aromatic heterocycles.